The molecule has 1 unspecified atom stereocenters. The van der Waals surface area contributed by atoms with Gasteiger partial charge in [-0.3, -0.25) is 9.89 Å². The normalized spacial score (nSPS) is 21.9. The van der Waals surface area contributed by atoms with E-state index in [-0.39, 0.29) is 17.9 Å². The van der Waals surface area contributed by atoms with Crippen molar-refractivity contribution in [3.8, 4) is 5.75 Å². The number of methoxy groups -OCH3 is 1. The number of likely N-dealkylation sites (tertiary alicyclic amines) is 1. The van der Waals surface area contributed by atoms with Crippen molar-refractivity contribution < 1.29 is 14.6 Å². The number of carbonyl (C=O) groups is 1. The molecule has 0 spiro atoms. The molecule has 1 saturated heterocycles. The lowest BCUT2D eigenvalue weighted by Gasteiger charge is -2.42. The fourth-order valence-electron chi connectivity index (χ4n) is 4.57. The number of aliphatic hydroxyl groups is 1. The Morgan fingerprint density at radius 3 is 3.07 bits per heavy atom. The molecule has 4 rings (SSSR count). The van der Waals surface area contributed by atoms with Crippen molar-refractivity contribution in [2.24, 2.45) is 5.41 Å². The lowest BCUT2D eigenvalue weighted by molar-refractivity contribution is 0.0267. The van der Waals surface area contributed by atoms with Gasteiger partial charge in [-0.15, -0.1) is 0 Å². The molecular formula is C21H27N3O3. The summed E-state index contributed by atoms with van der Waals surface area (Å²) in [6.45, 7) is 1.34. The van der Waals surface area contributed by atoms with Gasteiger partial charge >= 0.3 is 0 Å². The van der Waals surface area contributed by atoms with Crippen molar-refractivity contribution in [2.45, 2.75) is 38.5 Å². The van der Waals surface area contributed by atoms with Gasteiger partial charge in [0, 0.05) is 29.8 Å². The molecule has 2 N–H and O–H groups in total. The van der Waals surface area contributed by atoms with E-state index in [4.69, 9.17) is 4.74 Å². The van der Waals surface area contributed by atoms with Gasteiger partial charge in [-0.2, -0.15) is 5.10 Å². The minimum absolute atomic E-state index is 0.00225. The number of aromatic nitrogens is 2. The van der Waals surface area contributed by atoms with Gasteiger partial charge < -0.3 is 14.7 Å². The average molecular weight is 369 g/mol. The van der Waals surface area contributed by atoms with Crippen LogP contribution in [0.5, 0.6) is 5.75 Å². The van der Waals surface area contributed by atoms with E-state index in [0.29, 0.717) is 12.2 Å². The highest BCUT2D eigenvalue weighted by Gasteiger charge is 2.38. The Kier molecular flexibility index (Phi) is 4.91. The highest BCUT2D eigenvalue weighted by Crippen LogP contribution is 2.35. The standard InChI is InChI=1S/C21H27N3O3/c1-27-16-6-2-5-15(11-16)12-21(14-25)9-4-10-24(13-21)20(26)19-17-7-3-8-18(17)22-23-19/h2,5-6,11,25H,3-4,7-10,12-14H2,1H3,(H,22,23). The second-order valence-electron chi connectivity index (χ2n) is 7.90. The van der Waals surface area contributed by atoms with Crippen LogP contribution in [0.25, 0.3) is 0 Å². The molecule has 2 aromatic rings. The predicted molar refractivity (Wildman–Crippen MR) is 102 cm³/mol. The van der Waals surface area contributed by atoms with Gasteiger partial charge in [-0.05, 0) is 56.2 Å². The zero-order chi connectivity index (χ0) is 18.9. The number of hydrogen-bond acceptors (Lipinski definition) is 4. The number of H-pyrrole nitrogens is 1. The van der Waals surface area contributed by atoms with Crippen molar-refractivity contribution in [2.75, 3.05) is 26.8 Å². The molecule has 0 bridgehead atoms. The topological polar surface area (TPSA) is 78.5 Å². The van der Waals surface area contributed by atoms with Crippen LogP contribution in [0.15, 0.2) is 24.3 Å². The van der Waals surface area contributed by atoms with E-state index in [2.05, 4.69) is 16.3 Å². The molecule has 6 heteroatoms. The van der Waals surface area contributed by atoms with E-state index in [1.807, 2.05) is 23.1 Å². The molecule has 0 radical (unpaired) electrons. The van der Waals surface area contributed by atoms with Gasteiger partial charge in [0.25, 0.3) is 5.91 Å². The number of amides is 1. The Balaban J connectivity index is 1.53. The Morgan fingerprint density at radius 2 is 2.26 bits per heavy atom. The Labute approximate surface area is 159 Å². The summed E-state index contributed by atoms with van der Waals surface area (Å²) in [5.74, 6) is 0.814. The smallest absolute Gasteiger partial charge is 0.274 e. The summed E-state index contributed by atoms with van der Waals surface area (Å²) in [5, 5.41) is 17.6. The molecule has 1 amide bonds. The Hall–Kier alpha value is -2.34. The minimum atomic E-state index is -0.320. The molecule has 1 fully saturated rings. The number of benzene rings is 1. The van der Waals surface area contributed by atoms with Crippen molar-refractivity contribution in [1.82, 2.24) is 15.1 Å². The number of nitrogens with one attached hydrogen (secondary N) is 1. The zero-order valence-corrected chi connectivity index (χ0v) is 15.8. The van der Waals surface area contributed by atoms with Crippen LogP contribution in [0.1, 0.15) is 46.6 Å². The maximum Gasteiger partial charge on any atom is 0.274 e. The summed E-state index contributed by atoms with van der Waals surface area (Å²) in [6.07, 6.45) is 5.51. The third-order valence-corrected chi connectivity index (χ3v) is 6.01. The number of nitrogens with zero attached hydrogens (tertiary/aromatic N) is 2. The number of aryl methyl sites for hydroxylation is 1. The highest BCUT2D eigenvalue weighted by atomic mass is 16.5. The average Bonchev–Trinajstić information content (AvgIpc) is 3.31. The molecule has 1 aromatic heterocycles. The first-order valence-electron chi connectivity index (χ1n) is 9.73. The van der Waals surface area contributed by atoms with E-state index in [0.717, 1.165) is 67.6 Å². The molecule has 1 aromatic carbocycles. The van der Waals surface area contributed by atoms with Crippen molar-refractivity contribution in [3.05, 3.63) is 46.8 Å². The van der Waals surface area contributed by atoms with E-state index < -0.39 is 0 Å². The van der Waals surface area contributed by atoms with E-state index >= 15 is 0 Å². The van der Waals surface area contributed by atoms with Crippen LogP contribution in [0.3, 0.4) is 0 Å². The molecule has 6 nitrogen and oxygen atoms in total. The van der Waals surface area contributed by atoms with Crippen LogP contribution in [-0.4, -0.2) is 52.9 Å². The van der Waals surface area contributed by atoms with Gasteiger partial charge in [0.1, 0.15) is 5.75 Å². The minimum Gasteiger partial charge on any atom is -0.497 e. The second-order valence-corrected chi connectivity index (χ2v) is 7.90. The molecule has 1 atom stereocenters. The largest absolute Gasteiger partial charge is 0.497 e. The van der Waals surface area contributed by atoms with Gasteiger partial charge in [-0.1, -0.05) is 12.1 Å². The van der Waals surface area contributed by atoms with Crippen LogP contribution in [0.4, 0.5) is 0 Å². The fraction of sp³-hybridized carbons (Fsp3) is 0.524. The van der Waals surface area contributed by atoms with Gasteiger partial charge in [-0.25, -0.2) is 0 Å². The second kappa shape index (κ2) is 7.35. The first kappa shape index (κ1) is 18.0. The Bertz CT molecular complexity index is 832. The van der Waals surface area contributed by atoms with Crippen molar-refractivity contribution in [3.63, 3.8) is 0 Å². The molecule has 2 heterocycles. The summed E-state index contributed by atoms with van der Waals surface area (Å²) in [7, 11) is 1.66. The summed E-state index contributed by atoms with van der Waals surface area (Å²) in [6, 6.07) is 7.96. The number of hydrogen-bond donors (Lipinski definition) is 2. The monoisotopic (exact) mass is 369 g/mol. The molecule has 1 aliphatic heterocycles. The molecule has 2 aliphatic rings. The van der Waals surface area contributed by atoms with E-state index in [9.17, 15) is 9.90 Å². The van der Waals surface area contributed by atoms with Crippen molar-refractivity contribution in [1.29, 1.82) is 0 Å². The molecular weight excluding hydrogens is 342 g/mol. The molecule has 0 saturated carbocycles. The number of ether oxygens (including phenoxy) is 1. The quantitative estimate of drug-likeness (QED) is 0.848. The summed E-state index contributed by atoms with van der Waals surface area (Å²) in [4.78, 5) is 15.0. The molecule has 1 aliphatic carbocycles. The Morgan fingerprint density at radius 1 is 1.37 bits per heavy atom. The lowest BCUT2D eigenvalue weighted by Crippen LogP contribution is -2.49. The zero-order valence-electron chi connectivity index (χ0n) is 15.8. The third-order valence-electron chi connectivity index (χ3n) is 6.01. The van der Waals surface area contributed by atoms with Crippen LogP contribution in [0.2, 0.25) is 0 Å². The number of aromatic amines is 1. The highest BCUT2D eigenvalue weighted by molar-refractivity contribution is 5.94. The van der Waals surface area contributed by atoms with Crippen LogP contribution < -0.4 is 4.74 Å². The van der Waals surface area contributed by atoms with E-state index in [1.54, 1.807) is 7.11 Å². The molecule has 144 valence electrons. The van der Waals surface area contributed by atoms with E-state index in [1.165, 1.54) is 0 Å². The van der Waals surface area contributed by atoms with Gasteiger partial charge in [0.15, 0.2) is 5.69 Å². The van der Waals surface area contributed by atoms with Crippen molar-refractivity contribution >= 4 is 5.91 Å². The van der Waals surface area contributed by atoms with Crippen LogP contribution in [0, 0.1) is 5.41 Å². The third kappa shape index (κ3) is 3.46. The summed E-state index contributed by atoms with van der Waals surface area (Å²) >= 11 is 0. The first-order chi connectivity index (χ1) is 13.1. The SMILES string of the molecule is COc1cccc(CC2(CO)CCCN(C(=O)c3n[nH]c4c3CCC4)C2)c1. The lowest BCUT2D eigenvalue weighted by atomic mass is 9.75. The first-order valence-corrected chi connectivity index (χ1v) is 9.73. The maximum atomic E-state index is 13.1. The fourth-order valence-corrected chi connectivity index (χ4v) is 4.57. The summed E-state index contributed by atoms with van der Waals surface area (Å²) in [5.41, 5.74) is 3.59. The van der Waals surface area contributed by atoms with Crippen LogP contribution >= 0.6 is 0 Å². The molecule has 27 heavy (non-hydrogen) atoms. The summed E-state index contributed by atoms with van der Waals surface area (Å²) < 4.78 is 5.32. The van der Waals surface area contributed by atoms with Gasteiger partial charge in [0.05, 0.1) is 13.7 Å². The number of carbonyl (C=O) groups excluding carboxylic acids is 1. The van der Waals surface area contributed by atoms with Gasteiger partial charge in [0.2, 0.25) is 0 Å². The van der Waals surface area contributed by atoms with Crippen LogP contribution in [-0.2, 0) is 19.3 Å². The number of piperidine rings is 1. The maximum absolute atomic E-state index is 13.1. The number of aliphatic hydroxyl groups excluding tert-OH is 1. The number of rotatable bonds is 5. The predicted octanol–water partition coefficient (Wildman–Crippen LogP) is 2.36. The number of fused-ring (bicyclic) bond motifs is 1.